The number of fused-ring (bicyclic) bond motifs is 2. The summed E-state index contributed by atoms with van der Waals surface area (Å²) in [6, 6.07) is 8.16. The lowest BCUT2D eigenvalue weighted by molar-refractivity contribution is 0.277. The fraction of sp³-hybridized carbons (Fsp3) is 0.350. The summed E-state index contributed by atoms with van der Waals surface area (Å²) in [7, 11) is -1.83. The first-order chi connectivity index (χ1) is 13.2. The molecule has 0 aliphatic rings. The van der Waals surface area contributed by atoms with E-state index < -0.39 is 8.32 Å². The van der Waals surface area contributed by atoms with E-state index in [4.69, 9.17) is 9.41 Å². The van der Waals surface area contributed by atoms with Crippen molar-refractivity contribution in [2.45, 2.75) is 45.5 Å². The number of nitrogens with one attached hydrogen (secondary N) is 2. The van der Waals surface area contributed by atoms with Crippen LogP contribution < -0.4 is 0 Å². The molecular weight excluding hydrogens is 434 g/mol. The molecule has 28 heavy (non-hydrogen) atoms. The highest BCUT2D eigenvalue weighted by atomic mass is 79.9. The molecule has 4 rings (SSSR count). The maximum Gasteiger partial charge on any atom is 0.192 e. The van der Waals surface area contributed by atoms with Crippen molar-refractivity contribution in [3.8, 4) is 11.5 Å². The Bertz CT molecular complexity index is 1160. The fourth-order valence-electron chi connectivity index (χ4n) is 2.86. The number of nitrogens with zero attached hydrogens (tertiary/aromatic N) is 3. The number of hydrogen-bond acceptors (Lipinski definition) is 4. The molecule has 0 amide bonds. The summed E-state index contributed by atoms with van der Waals surface area (Å²) in [6.07, 6.45) is 1.74. The second-order valence-corrected chi connectivity index (χ2v) is 14.3. The summed E-state index contributed by atoms with van der Waals surface area (Å²) in [4.78, 5) is 12.6. The predicted molar refractivity (Wildman–Crippen MR) is 119 cm³/mol. The van der Waals surface area contributed by atoms with Gasteiger partial charge in [0.1, 0.15) is 5.69 Å². The van der Waals surface area contributed by atoms with Crippen LogP contribution in [-0.4, -0.2) is 33.5 Å². The number of para-hydroxylation sites is 1. The number of pyridine rings is 1. The van der Waals surface area contributed by atoms with E-state index in [1.54, 1.807) is 6.20 Å². The van der Waals surface area contributed by atoms with Gasteiger partial charge in [-0.25, -0.2) is 9.97 Å². The van der Waals surface area contributed by atoms with Gasteiger partial charge in [0.15, 0.2) is 19.8 Å². The number of aromatic nitrogens is 5. The number of hydrogen-bond donors (Lipinski definition) is 2. The van der Waals surface area contributed by atoms with E-state index in [0.29, 0.717) is 12.3 Å². The molecule has 6 nitrogen and oxygen atoms in total. The van der Waals surface area contributed by atoms with Crippen molar-refractivity contribution in [2.24, 2.45) is 0 Å². The molecule has 0 saturated carbocycles. The zero-order chi connectivity index (χ0) is 20.1. The van der Waals surface area contributed by atoms with Gasteiger partial charge >= 0.3 is 0 Å². The standard InChI is InChI=1S/C20H24BrN5OSi/c1-20(2,3)28(4,5)27-11-12-7-6-8-15-16(12)24-19(23-15)17-14-9-13(21)10-22-18(14)26-25-17/h6-10H,11H2,1-5H3,(H,23,24)(H,22,25,26). The molecule has 1 aromatic carbocycles. The molecule has 0 aliphatic carbocycles. The van der Waals surface area contributed by atoms with Gasteiger partial charge in [0.25, 0.3) is 0 Å². The molecule has 0 saturated heterocycles. The fourth-order valence-corrected chi connectivity index (χ4v) is 4.14. The Morgan fingerprint density at radius 3 is 2.75 bits per heavy atom. The number of rotatable bonds is 4. The maximum absolute atomic E-state index is 6.42. The summed E-state index contributed by atoms with van der Waals surface area (Å²) >= 11 is 3.48. The molecule has 3 aromatic heterocycles. The van der Waals surface area contributed by atoms with E-state index in [1.807, 2.05) is 18.2 Å². The SMILES string of the molecule is CC(C)(C)[Si](C)(C)OCc1cccc2[nH]c(-c3[nH]nc4ncc(Br)cc34)nc12. The average Bonchev–Trinajstić information content (AvgIpc) is 3.22. The van der Waals surface area contributed by atoms with Gasteiger partial charge in [-0.2, -0.15) is 5.10 Å². The first-order valence-electron chi connectivity index (χ1n) is 9.27. The molecule has 0 spiro atoms. The molecule has 0 fully saturated rings. The summed E-state index contributed by atoms with van der Waals surface area (Å²) in [5.74, 6) is 0.747. The number of H-pyrrole nitrogens is 2. The zero-order valence-electron chi connectivity index (χ0n) is 16.7. The van der Waals surface area contributed by atoms with Crippen LogP contribution in [0.25, 0.3) is 33.6 Å². The molecule has 3 heterocycles. The third-order valence-corrected chi connectivity index (χ3v) is 10.5. The van der Waals surface area contributed by atoms with Gasteiger partial charge in [-0.3, -0.25) is 5.10 Å². The van der Waals surface area contributed by atoms with Crippen LogP contribution >= 0.6 is 15.9 Å². The van der Waals surface area contributed by atoms with Crippen LogP contribution in [0, 0.1) is 0 Å². The topological polar surface area (TPSA) is 79.5 Å². The first-order valence-corrected chi connectivity index (χ1v) is 13.0. The van der Waals surface area contributed by atoms with Crippen LogP contribution in [0.1, 0.15) is 26.3 Å². The van der Waals surface area contributed by atoms with Gasteiger partial charge < -0.3 is 9.41 Å². The normalized spacial score (nSPS) is 12.9. The third kappa shape index (κ3) is 3.40. The Morgan fingerprint density at radius 1 is 1.21 bits per heavy atom. The molecule has 146 valence electrons. The molecule has 0 bridgehead atoms. The van der Waals surface area contributed by atoms with Gasteiger partial charge in [0.2, 0.25) is 0 Å². The van der Waals surface area contributed by atoms with Gasteiger partial charge in [0.05, 0.1) is 23.0 Å². The third-order valence-electron chi connectivity index (χ3n) is 5.60. The van der Waals surface area contributed by atoms with Crippen molar-refractivity contribution in [2.75, 3.05) is 0 Å². The van der Waals surface area contributed by atoms with Crippen molar-refractivity contribution in [1.29, 1.82) is 0 Å². The number of imidazole rings is 1. The van der Waals surface area contributed by atoms with Crippen LogP contribution in [0.15, 0.2) is 34.9 Å². The minimum atomic E-state index is -1.83. The lowest BCUT2D eigenvalue weighted by Gasteiger charge is -2.36. The molecule has 8 heteroatoms. The summed E-state index contributed by atoms with van der Waals surface area (Å²) in [5.41, 5.74) is 4.50. The van der Waals surface area contributed by atoms with E-state index in [-0.39, 0.29) is 5.04 Å². The van der Waals surface area contributed by atoms with Crippen LogP contribution in [0.5, 0.6) is 0 Å². The molecule has 0 unspecified atom stereocenters. The quantitative estimate of drug-likeness (QED) is 0.380. The van der Waals surface area contributed by atoms with Crippen LogP contribution in [0.3, 0.4) is 0 Å². The van der Waals surface area contributed by atoms with E-state index in [9.17, 15) is 0 Å². The molecule has 0 atom stereocenters. The van der Waals surface area contributed by atoms with E-state index >= 15 is 0 Å². The van der Waals surface area contributed by atoms with Gasteiger partial charge in [-0.15, -0.1) is 0 Å². The second-order valence-electron chi connectivity index (χ2n) is 8.57. The van der Waals surface area contributed by atoms with Crippen LogP contribution in [-0.2, 0) is 11.0 Å². The molecule has 0 aliphatic heterocycles. The van der Waals surface area contributed by atoms with E-state index in [0.717, 1.165) is 38.0 Å². The lowest BCUT2D eigenvalue weighted by Crippen LogP contribution is -2.40. The Balaban J connectivity index is 1.72. The van der Waals surface area contributed by atoms with Gasteiger partial charge in [0, 0.05) is 16.2 Å². The Labute approximate surface area is 173 Å². The minimum Gasteiger partial charge on any atom is -0.412 e. The highest BCUT2D eigenvalue weighted by Crippen LogP contribution is 2.37. The summed E-state index contributed by atoms with van der Waals surface area (Å²) < 4.78 is 7.33. The highest BCUT2D eigenvalue weighted by molar-refractivity contribution is 9.10. The molecule has 4 aromatic rings. The van der Waals surface area contributed by atoms with Crippen molar-refractivity contribution in [1.82, 2.24) is 25.1 Å². The Hall–Kier alpha value is -2.03. The van der Waals surface area contributed by atoms with Gasteiger partial charge in [-0.1, -0.05) is 32.9 Å². The smallest absolute Gasteiger partial charge is 0.192 e. The lowest BCUT2D eigenvalue weighted by atomic mass is 10.2. The largest absolute Gasteiger partial charge is 0.412 e. The molecule has 0 radical (unpaired) electrons. The van der Waals surface area contributed by atoms with Crippen LogP contribution in [0.4, 0.5) is 0 Å². The molecule has 2 N–H and O–H groups in total. The Kier molecular flexibility index (Phi) is 4.68. The number of aromatic amines is 2. The summed E-state index contributed by atoms with van der Waals surface area (Å²) in [6.45, 7) is 11.9. The van der Waals surface area contributed by atoms with Crippen molar-refractivity contribution in [3.05, 3.63) is 40.5 Å². The van der Waals surface area contributed by atoms with Crippen molar-refractivity contribution >= 4 is 46.3 Å². The van der Waals surface area contributed by atoms with Gasteiger partial charge in [-0.05, 0) is 46.2 Å². The van der Waals surface area contributed by atoms with E-state index in [1.165, 1.54) is 0 Å². The Morgan fingerprint density at radius 2 is 2.00 bits per heavy atom. The maximum atomic E-state index is 6.42. The van der Waals surface area contributed by atoms with E-state index in [2.05, 4.69) is 76.0 Å². The zero-order valence-corrected chi connectivity index (χ0v) is 19.3. The summed E-state index contributed by atoms with van der Waals surface area (Å²) in [5, 5.41) is 8.45. The van der Waals surface area contributed by atoms with Crippen LogP contribution in [0.2, 0.25) is 18.1 Å². The number of benzene rings is 1. The predicted octanol–water partition coefficient (Wildman–Crippen LogP) is 5.79. The number of halogens is 1. The first kappa shape index (κ1) is 19.3. The average molecular weight is 458 g/mol. The molecular formula is C20H24BrN5OSi. The highest BCUT2D eigenvalue weighted by Gasteiger charge is 2.37. The monoisotopic (exact) mass is 457 g/mol. The van der Waals surface area contributed by atoms with Crippen molar-refractivity contribution in [3.63, 3.8) is 0 Å². The minimum absolute atomic E-state index is 0.173. The van der Waals surface area contributed by atoms with Crippen molar-refractivity contribution < 1.29 is 4.43 Å². The second kappa shape index (κ2) is 6.79.